The molecule has 2 aromatic rings. The number of amides is 1. The van der Waals surface area contributed by atoms with Gasteiger partial charge in [-0.15, -0.1) is 0 Å². The van der Waals surface area contributed by atoms with Crippen LogP contribution in [0.3, 0.4) is 0 Å². The molecule has 27 heavy (non-hydrogen) atoms. The van der Waals surface area contributed by atoms with Crippen molar-refractivity contribution in [2.75, 3.05) is 7.11 Å². The minimum absolute atomic E-state index is 0.0874. The molecule has 0 aromatic heterocycles. The summed E-state index contributed by atoms with van der Waals surface area (Å²) in [4.78, 5) is 12.8. The van der Waals surface area contributed by atoms with Crippen molar-refractivity contribution in [1.82, 2.24) is 5.32 Å². The molecule has 2 rings (SSSR count). The first-order valence-electron chi connectivity index (χ1n) is 9.30. The lowest BCUT2D eigenvalue weighted by Crippen LogP contribution is -2.40. The Labute approximate surface area is 160 Å². The van der Waals surface area contributed by atoms with Crippen LogP contribution < -0.4 is 14.8 Å². The molecule has 1 N–H and O–H groups in total. The van der Waals surface area contributed by atoms with Gasteiger partial charge in [0, 0.05) is 0 Å². The maximum atomic E-state index is 13.9. The van der Waals surface area contributed by atoms with Crippen LogP contribution in [0.5, 0.6) is 11.5 Å². The zero-order chi connectivity index (χ0) is 19.8. The Bertz CT molecular complexity index is 731. The van der Waals surface area contributed by atoms with E-state index in [-0.39, 0.29) is 17.7 Å². The van der Waals surface area contributed by atoms with Crippen molar-refractivity contribution in [3.05, 3.63) is 59.9 Å². The van der Waals surface area contributed by atoms with Gasteiger partial charge in [-0.3, -0.25) is 4.79 Å². The third-order valence-corrected chi connectivity index (χ3v) is 4.31. The summed E-state index contributed by atoms with van der Waals surface area (Å²) in [5.41, 5.74) is 0.999. The molecule has 0 unspecified atom stereocenters. The molecule has 0 radical (unpaired) electrons. The van der Waals surface area contributed by atoms with E-state index in [2.05, 4.69) is 19.2 Å². The summed E-state index contributed by atoms with van der Waals surface area (Å²) in [6, 6.07) is 13.6. The lowest BCUT2D eigenvalue weighted by Gasteiger charge is -2.25. The van der Waals surface area contributed by atoms with E-state index in [1.807, 2.05) is 31.2 Å². The Morgan fingerprint density at radius 3 is 2.33 bits per heavy atom. The zero-order valence-electron chi connectivity index (χ0n) is 16.4. The van der Waals surface area contributed by atoms with Crippen LogP contribution in [0.15, 0.2) is 48.5 Å². The number of para-hydroxylation sites is 1. The predicted octanol–water partition coefficient (Wildman–Crippen LogP) is 4.90. The van der Waals surface area contributed by atoms with Gasteiger partial charge < -0.3 is 14.8 Å². The Balaban J connectivity index is 2.13. The number of rotatable bonds is 9. The summed E-state index contributed by atoms with van der Waals surface area (Å²) in [6.07, 6.45) is 0.473. The highest BCUT2D eigenvalue weighted by Crippen LogP contribution is 2.24. The molecule has 0 aliphatic carbocycles. The van der Waals surface area contributed by atoms with Crippen LogP contribution in [-0.4, -0.2) is 19.1 Å². The maximum absolute atomic E-state index is 13.9. The summed E-state index contributed by atoms with van der Waals surface area (Å²) in [5, 5.41) is 3.07. The second-order valence-electron chi connectivity index (χ2n) is 6.91. The van der Waals surface area contributed by atoms with Crippen molar-refractivity contribution in [2.45, 2.75) is 45.8 Å². The van der Waals surface area contributed by atoms with E-state index in [1.54, 1.807) is 19.2 Å². The molecule has 146 valence electrons. The summed E-state index contributed by atoms with van der Waals surface area (Å²) < 4.78 is 24.7. The first-order chi connectivity index (χ1) is 12.9. The molecule has 5 heteroatoms. The Hall–Kier alpha value is -2.56. The van der Waals surface area contributed by atoms with E-state index in [9.17, 15) is 9.18 Å². The van der Waals surface area contributed by atoms with Crippen molar-refractivity contribution in [3.8, 4) is 11.5 Å². The maximum Gasteiger partial charge on any atom is 0.261 e. The first-order valence-corrected chi connectivity index (χ1v) is 9.30. The molecule has 0 heterocycles. The van der Waals surface area contributed by atoms with E-state index in [1.165, 1.54) is 12.1 Å². The minimum Gasteiger partial charge on any atom is -0.497 e. The van der Waals surface area contributed by atoms with Crippen molar-refractivity contribution >= 4 is 5.91 Å². The van der Waals surface area contributed by atoms with Crippen molar-refractivity contribution in [3.63, 3.8) is 0 Å². The lowest BCUT2D eigenvalue weighted by atomic mass is 9.96. The van der Waals surface area contributed by atoms with E-state index in [4.69, 9.17) is 9.47 Å². The smallest absolute Gasteiger partial charge is 0.261 e. The van der Waals surface area contributed by atoms with Crippen LogP contribution in [0.25, 0.3) is 0 Å². The molecule has 0 aliphatic heterocycles. The fourth-order valence-corrected chi connectivity index (χ4v) is 2.87. The van der Waals surface area contributed by atoms with Crippen molar-refractivity contribution in [1.29, 1.82) is 0 Å². The van der Waals surface area contributed by atoms with E-state index >= 15 is 0 Å². The molecule has 2 aromatic carbocycles. The summed E-state index contributed by atoms with van der Waals surface area (Å²) in [7, 11) is 1.62. The monoisotopic (exact) mass is 373 g/mol. The highest BCUT2D eigenvalue weighted by molar-refractivity contribution is 5.81. The first kappa shape index (κ1) is 20.7. The fourth-order valence-electron chi connectivity index (χ4n) is 2.87. The largest absolute Gasteiger partial charge is 0.497 e. The van der Waals surface area contributed by atoms with Gasteiger partial charge in [-0.2, -0.15) is 0 Å². The molecule has 4 nitrogen and oxygen atoms in total. The number of hydrogen-bond acceptors (Lipinski definition) is 3. The summed E-state index contributed by atoms with van der Waals surface area (Å²) >= 11 is 0. The highest BCUT2D eigenvalue weighted by atomic mass is 19.1. The molecule has 0 aliphatic rings. The topological polar surface area (TPSA) is 47.6 Å². The second-order valence-corrected chi connectivity index (χ2v) is 6.91. The zero-order valence-corrected chi connectivity index (χ0v) is 16.4. The lowest BCUT2D eigenvalue weighted by molar-refractivity contribution is -0.129. The number of hydrogen-bond donors (Lipinski definition) is 1. The van der Waals surface area contributed by atoms with Gasteiger partial charge in [-0.05, 0) is 48.6 Å². The van der Waals surface area contributed by atoms with Crippen LogP contribution >= 0.6 is 0 Å². The van der Waals surface area contributed by atoms with Gasteiger partial charge >= 0.3 is 0 Å². The number of ether oxygens (including phenoxy) is 2. The number of halogens is 1. The Kier molecular flexibility index (Phi) is 7.65. The van der Waals surface area contributed by atoms with Gasteiger partial charge in [-0.25, -0.2) is 4.39 Å². The van der Waals surface area contributed by atoms with E-state index < -0.39 is 11.9 Å². The summed E-state index contributed by atoms with van der Waals surface area (Å²) in [5.74, 6) is 0.525. The SMILES string of the molecule is CC[C@H](Oc1ccccc1F)C(=O)N[C@H](CC(C)C)c1ccc(OC)cc1. The van der Waals surface area contributed by atoms with Crippen LogP contribution in [0.4, 0.5) is 4.39 Å². The highest BCUT2D eigenvalue weighted by Gasteiger charge is 2.24. The third-order valence-electron chi connectivity index (χ3n) is 4.31. The average Bonchev–Trinajstić information content (AvgIpc) is 2.66. The van der Waals surface area contributed by atoms with E-state index in [0.29, 0.717) is 12.3 Å². The van der Waals surface area contributed by atoms with Crippen LogP contribution in [0.2, 0.25) is 0 Å². The molecular weight excluding hydrogens is 345 g/mol. The summed E-state index contributed by atoms with van der Waals surface area (Å²) in [6.45, 7) is 6.06. The quantitative estimate of drug-likeness (QED) is 0.680. The second kappa shape index (κ2) is 9.95. The van der Waals surface area contributed by atoms with Crippen molar-refractivity contribution in [2.24, 2.45) is 5.92 Å². The molecule has 0 saturated heterocycles. The molecular formula is C22H28FNO3. The van der Waals surface area contributed by atoms with Gasteiger partial charge in [0.1, 0.15) is 5.75 Å². The molecule has 2 atom stereocenters. The number of benzene rings is 2. The average molecular weight is 373 g/mol. The number of carbonyl (C=O) groups excluding carboxylic acids is 1. The number of nitrogens with one attached hydrogen (secondary N) is 1. The van der Waals surface area contributed by atoms with Gasteiger partial charge in [-0.1, -0.05) is 45.0 Å². The van der Waals surface area contributed by atoms with Crippen molar-refractivity contribution < 1.29 is 18.7 Å². The Morgan fingerprint density at radius 1 is 1.11 bits per heavy atom. The minimum atomic E-state index is -0.755. The normalized spacial score (nSPS) is 13.1. The molecule has 0 spiro atoms. The predicted molar refractivity (Wildman–Crippen MR) is 104 cm³/mol. The molecule has 0 fully saturated rings. The fraction of sp³-hybridized carbons (Fsp3) is 0.409. The van der Waals surface area contributed by atoms with Crippen LogP contribution in [0.1, 0.15) is 45.2 Å². The number of carbonyl (C=O) groups is 1. The molecule has 1 amide bonds. The van der Waals surface area contributed by atoms with Gasteiger partial charge in [0.05, 0.1) is 13.2 Å². The van der Waals surface area contributed by atoms with Crippen LogP contribution in [-0.2, 0) is 4.79 Å². The van der Waals surface area contributed by atoms with Gasteiger partial charge in [0.2, 0.25) is 0 Å². The Morgan fingerprint density at radius 2 is 1.78 bits per heavy atom. The molecule has 0 bridgehead atoms. The van der Waals surface area contributed by atoms with Gasteiger partial charge in [0.25, 0.3) is 5.91 Å². The van der Waals surface area contributed by atoms with Crippen LogP contribution in [0, 0.1) is 11.7 Å². The number of methoxy groups -OCH3 is 1. The van der Waals surface area contributed by atoms with E-state index in [0.717, 1.165) is 17.7 Å². The molecule has 0 saturated carbocycles. The standard InChI is InChI=1S/C22H28FNO3/c1-5-20(27-21-9-7-6-8-18(21)23)22(25)24-19(14-15(2)3)16-10-12-17(26-4)13-11-16/h6-13,15,19-20H,5,14H2,1-4H3,(H,24,25)/t19-,20+/m1/s1. The third kappa shape index (κ3) is 5.98. The van der Waals surface area contributed by atoms with Gasteiger partial charge in [0.15, 0.2) is 17.7 Å².